The van der Waals surface area contributed by atoms with Crippen LogP contribution in [0, 0.1) is 11.8 Å². The van der Waals surface area contributed by atoms with Gasteiger partial charge in [0.25, 0.3) is 0 Å². The first kappa shape index (κ1) is 25.4. The molecular formula is C34H32F2. The summed E-state index contributed by atoms with van der Waals surface area (Å²) in [7, 11) is 0. The molecule has 0 amide bonds. The number of hydrogen-bond donors (Lipinski definition) is 0. The number of unbranched alkanes of at least 4 members (excludes halogenated alkanes) is 2. The van der Waals surface area contributed by atoms with E-state index in [-0.39, 0.29) is 11.1 Å². The van der Waals surface area contributed by atoms with E-state index in [1.165, 1.54) is 18.4 Å². The van der Waals surface area contributed by atoms with Crippen LogP contribution in [0.2, 0.25) is 0 Å². The van der Waals surface area contributed by atoms with E-state index in [0.29, 0.717) is 5.39 Å². The van der Waals surface area contributed by atoms with Gasteiger partial charge < -0.3 is 0 Å². The number of rotatable bonds is 8. The lowest BCUT2D eigenvalue weighted by Crippen LogP contribution is -1.90. The summed E-state index contributed by atoms with van der Waals surface area (Å²) in [5.74, 6) is 4.76. The lowest BCUT2D eigenvalue weighted by molar-refractivity contribution is 0.701. The Hall–Kier alpha value is -3.70. The minimum atomic E-state index is -0.852. The molecule has 0 unspecified atom stereocenters. The van der Waals surface area contributed by atoms with Gasteiger partial charge in [-0.05, 0) is 65.8 Å². The Kier molecular flexibility index (Phi) is 8.69. The molecule has 0 saturated carbocycles. The fourth-order valence-corrected chi connectivity index (χ4v) is 4.32. The summed E-state index contributed by atoms with van der Waals surface area (Å²) >= 11 is 0. The third kappa shape index (κ3) is 6.10. The summed E-state index contributed by atoms with van der Waals surface area (Å²) in [6.45, 7) is 4.33. The van der Waals surface area contributed by atoms with Crippen LogP contribution in [-0.2, 0) is 12.8 Å². The molecule has 4 rings (SSSR count). The van der Waals surface area contributed by atoms with Crippen molar-refractivity contribution in [3.63, 3.8) is 0 Å². The standard InChI is InChI=1S/C34H32F2/c1-3-5-9-25-13-15-27(16-14-25)17-20-28-23-24-32(31-12-8-7-11-30(28)31)34(36)33(35)29-21-18-26(19-22-29)10-6-4-2/h7-8,11-16,18-19,21-24H,3-6,9-10H2,1-2H3. The van der Waals surface area contributed by atoms with Gasteiger partial charge in [-0.1, -0.05) is 105 Å². The molecule has 0 N–H and O–H groups in total. The average Bonchev–Trinajstić information content (AvgIpc) is 2.93. The zero-order chi connectivity index (χ0) is 25.3. The minimum Gasteiger partial charge on any atom is -0.203 e. The van der Waals surface area contributed by atoms with Crippen molar-refractivity contribution in [3.8, 4) is 11.8 Å². The van der Waals surface area contributed by atoms with Gasteiger partial charge in [0.2, 0.25) is 0 Å². The van der Waals surface area contributed by atoms with Crippen LogP contribution in [0.5, 0.6) is 0 Å². The van der Waals surface area contributed by atoms with Crippen molar-refractivity contribution in [2.45, 2.75) is 52.4 Å². The van der Waals surface area contributed by atoms with E-state index in [0.717, 1.165) is 47.8 Å². The Morgan fingerprint density at radius 1 is 0.611 bits per heavy atom. The predicted molar refractivity (Wildman–Crippen MR) is 149 cm³/mol. The second kappa shape index (κ2) is 12.3. The molecule has 0 aromatic heterocycles. The van der Waals surface area contributed by atoms with Crippen molar-refractivity contribution in [3.05, 3.63) is 118 Å². The number of aryl methyl sites for hydroxylation is 2. The topological polar surface area (TPSA) is 0 Å². The minimum absolute atomic E-state index is 0.240. The lowest BCUT2D eigenvalue weighted by atomic mass is 9.97. The molecule has 0 spiro atoms. The number of fused-ring (bicyclic) bond motifs is 1. The second-order valence-corrected chi connectivity index (χ2v) is 9.19. The molecule has 0 heterocycles. The van der Waals surface area contributed by atoms with Crippen LogP contribution in [0.4, 0.5) is 8.78 Å². The van der Waals surface area contributed by atoms with Gasteiger partial charge in [0.1, 0.15) is 0 Å². The summed E-state index contributed by atoms with van der Waals surface area (Å²) in [5.41, 5.74) is 4.67. The second-order valence-electron chi connectivity index (χ2n) is 9.19. The van der Waals surface area contributed by atoms with Gasteiger partial charge in [0.05, 0.1) is 0 Å². The largest absolute Gasteiger partial charge is 0.203 e. The van der Waals surface area contributed by atoms with Crippen LogP contribution < -0.4 is 0 Å². The first-order valence-electron chi connectivity index (χ1n) is 12.9. The molecular weight excluding hydrogens is 446 g/mol. The molecule has 0 aliphatic rings. The van der Waals surface area contributed by atoms with Gasteiger partial charge >= 0.3 is 0 Å². The highest BCUT2D eigenvalue weighted by Crippen LogP contribution is 2.34. The monoisotopic (exact) mass is 478 g/mol. The van der Waals surface area contributed by atoms with Gasteiger partial charge in [-0.3, -0.25) is 0 Å². The smallest absolute Gasteiger partial charge is 0.167 e. The highest BCUT2D eigenvalue weighted by atomic mass is 19.2. The average molecular weight is 479 g/mol. The summed E-state index contributed by atoms with van der Waals surface area (Å²) < 4.78 is 30.6. The van der Waals surface area contributed by atoms with Crippen LogP contribution >= 0.6 is 0 Å². The maximum atomic E-state index is 15.4. The number of hydrogen-bond acceptors (Lipinski definition) is 0. The van der Waals surface area contributed by atoms with Crippen LogP contribution in [0.25, 0.3) is 22.4 Å². The van der Waals surface area contributed by atoms with Crippen LogP contribution in [-0.4, -0.2) is 0 Å². The van der Waals surface area contributed by atoms with Gasteiger partial charge in [-0.25, -0.2) is 8.78 Å². The molecule has 0 nitrogen and oxygen atoms in total. The molecule has 2 heteroatoms. The summed E-state index contributed by atoms with van der Waals surface area (Å²) in [5, 5.41) is 1.45. The van der Waals surface area contributed by atoms with Crippen molar-refractivity contribution < 1.29 is 8.78 Å². The van der Waals surface area contributed by atoms with Crippen LogP contribution in [0.1, 0.15) is 72.9 Å². The fourth-order valence-electron chi connectivity index (χ4n) is 4.32. The zero-order valence-electron chi connectivity index (χ0n) is 21.1. The van der Waals surface area contributed by atoms with Crippen molar-refractivity contribution in [1.82, 2.24) is 0 Å². The van der Waals surface area contributed by atoms with Crippen molar-refractivity contribution in [1.29, 1.82) is 0 Å². The fraction of sp³-hybridized carbons (Fsp3) is 0.235. The van der Waals surface area contributed by atoms with Gasteiger partial charge in [-0.15, -0.1) is 0 Å². The molecule has 4 aromatic rings. The van der Waals surface area contributed by atoms with E-state index in [1.54, 1.807) is 24.3 Å². The van der Waals surface area contributed by atoms with Crippen molar-refractivity contribution >= 4 is 22.4 Å². The molecule has 0 saturated heterocycles. The molecule has 182 valence electrons. The van der Waals surface area contributed by atoms with Crippen LogP contribution in [0.15, 0.2) is 84.9 Å². The van der Waals surface area contributed by atoms with E-state index in [1.807, 2.05) is 48.5 Å². The molecule has 0 aliphatic heterocycles. The lowest BCUT2D eigenvalue weighted by Gasteiger charge is -2.09. The quantitative estimate of drug-likeness (QED) is 0.175. The summed E-state index contributed by atoms with van der Waals surface area (Å²) in [6, 6.07) is 26.3. The zero-order valence-corrected chi connectivity index (χ0v) is 21.1. The molecule has 0 radical (unpaired) electrons. The van der Waals surface area contributed by atoms with Gasteiger partial charge in [-0.2, -0.15) is 0 Å². The maximum absolute atomic E-state index is 15.4. The molecule has 0 fully saturated rings. The van der Waals surface area contributed by atoms with Gasteiger partial charge in [0.15, 0.2) is 11.7 Å². The molecule has 4 aromatic carbocycles. The molecule has 0 atom stereocenters. The Morgan fingerprint density at radius 3 is 1.81 bits per heavy atom. The van der Waals surface area contributed by atoms with E-state index >= 15 is 8.78 Å². The third-order valence-corrected chi connectivity index (χ3v) is 6.49. The Bertz CT molecular complexity index is 1400. The van der Waals surface area contributed by atoms with E-state index in [9.17, 15) is 0 Å². The van der Waals surface area contributed by atoms with Crippen LogP contribution in [0.3, 0.4) is 0 Å². The normalized spacial score (nSPS) is 11.7. The van der Waals surface area contributed by atoms with Gasteiger partial charge in [0, 0.05) is 22.3 Å². The first-order chi connectivity index (χ1) is 17.6. The third-order valence-electron chi connectivity index (χ3n) is 6.49. The summed E-state index contributed by atoms with van der Waals surface area (Å²) in [6.07, 6.45) is 6.56. The molecule has 0 aliphatic carbocycles. The van der Waals surface area contributed by atoms with E-state index < -0.39 is 11.7 Å². The van der Waals surface area contributed by atoms with E-state index in [2.05, 4.69) is 37.8 Å². The SMILES string of the molecule is CCCCc1ccc(C#Cc2ccc(C(F)=C(F)c3ccc(CCCC)cc3)c3ccccc23)cc1. The molecule has 36 heavy (non-hydrogen) atoms. The highest BCUT2D eigenvalue weighted by molar-refractivity contribution is 6.00. The Morgan fingerprint density at radius 2 is 1.19 bits per heavy atom. The number of benzene rings is 4. The highest BCUT2D eigenvalue weighted by Gasteiger charge is 2.15. The Labute approximate surface area is 213 Å². The Balaban J connectivity index is 1.64. The van der Waals surface area contributed by atoms with Crippen molar-refractivity contribution in [2.75, 3.05) is 0 Å². The summed E-state index contributed by atoms with van der Waals surface area (Å²) in [4.78, 5) is 0. The maximum Gasteiger partial charge on any atom is 0.167 e. The first-order valence-corrected chi connectivity index (χ1v) is 12.9. The number of halogens is 2. The van der Waals surface area contributed by atoms with Crippen molar-refractivity contribution in [2.24, 2.45) is 0 Å². The predicted octanol–water partition coefficient (Wildman–Crippen LogP) is 9.69. The van der Waals surface area contributed by atoms with E-state index in [4.69, 9.17) is 0 Å². The molecule has 0 bridgehead atoms.